The first-order valence-corrected chi connectivity index (χ1v) is 18.7. The summed E-state index contributed by atoms with van der Waals surface area (Å²) >= 11 is 0. The fraction of sp³-hybridized carbons (Fsp3) is 0.0625. The second kappa shape index (κ2) is 10.7. The molecule has 3 heterocycles. The summed E-state index contributed by atoms with van der Waals surface area (Å²) in [4.78, 5) is 0. The molecule has 0 radical (unpaired) electrons. The summed E-state index contributed by atoms with van der Waals surface area (Å²) < 4.78 is 21.8. The monoisotopic (exact) mass is 605 g/mol. The average molecular weight is 606 g/mol. The lowest BCUT2D eigenvalue weighted by Gasteiger charge is -2.37. The number of rotatable bonds is 6. The maximum Gasteiger partial charge on any atom is 0.308 e. The normalized spacial score (nSPS) is 16.5. The molecule has 0 amide bonds. The van der Waals surface area contributed by atoms with Gasteiger partial charge in [0.2, 0.25) is 0 Å². The van der Waals surface area contributed by atoms with E-state index in [1.165, 1.54) is 0 Å². The van der Waals surface area contributed by atoms with Gasteiger partial charge in [-0.3, -0.25) is 0 Å². The van der Waals surface area contributed by atoms with Crippen LogP contribution in [0.3, 0.4) is 0 Å². The molecule has 7 rings (SSSR count). The highest BCUT2D eigenvalue weighted by atomic mass is 31.3. The van der Waals surface area contributed by atoms with E-state index in [1.807, 2.05) is 71.5 Å². The molecule has 2 aromatic heterocycles. The molecule has 0 bridgehead atoms. The van der Waals surface area contributed by atoms with Gasteiger partial charge in [0.25, 0.3) is 0 Å². The lowest BCUT2D eigenvalue weighted by atomic mass is 10.4. The van der Waals surface area contributed by atoms with Crippen molar-refractivity contribution in [1.29, 1.82) is 0 Å². The number of aryl methyl sites for hydroxylation is 2. The molecule has 0 atom stereocenters. The van der Waals surface area contributed by atoms with E-state index in [2.05, 4.69) is 97.1 Å². The lowest BCUT2D eigenvalue weighted by molar-refractivity contribution is 0.869. The van der Waals surface area contributed by atoms with Gasteiger partial charge in [0.15, 0.2) is 0 Å². The van der Waals surface area contributed by atoms with Crippen molar-refractivity contribution in [3.05, 3.63) is 157 Å². The van der Waals surface area contributed by atoms with E-state index in [1.54, 1.807) is 0 Å². The van der Waals surface area contributed by atoms with Crippen molar-refractivity contribution in [3.63, 3.8) is 0 Å². The van der Waals surface area contributed by atoms with E-state index in [0.717, 1.165) is 32.6 Å². The Hall–Kier alpha value is -4.01. The standard InChI is InChI=1S/C32H30N7P3/c1-27-23-25-38(33-27)42(39-26-24-28(2)34-39)36-40(29-15-7-3-8-16-29,30-17-9-4-10-18-30)35-41(37-42,31-19-11-5-12-20-31)32-21-13-6-14-22-32/h3-26H,1-2H3. The minimum atomic E-state index is -3.09. The van der Waals surface area contributed by atoms with Crippen LogP contribution in [0.2, 0.25) is 0 Å². The average Bonchev–Trinajstić information content (AvgIpc) is 3.71. The van der Waals surface area contributed by atoms with Crippen LogP contribution < -0.4 is 21.2 Å². The molecule has 0 fully saturated rings. The van der Waals surface area contributed by atoms with Crippen LogP contribution in [-0.4, -0.2) is 19.1 Å². The van der Waals surface area contributed by atoms with Gasteiger partial charge in [-0.25, -0.2) is 4.52 Å². The molecule has 0 aliphatic carbocycles. The van der Waals surface area contributed by atoms with E-state index < -0.39 is 21.9 Å². The second-order valence-electron chi connectivity index (χ2n) is 10.1. The molecule has 0 saturated heterocycles. The summed E-state index contributed by atoms with van der Waals surface area (Å²) in [5.41, 5.74) is 1.80. The highest BCUT2D eigenvalue weighted by molar-refractivity contribution is 7.96. The Kier molecular flexibility index (Phi) is 6.83. The Morgan fingerprint density at radius 3 is 1.05 bits per heavy atom. The highest BCUT2D eigenvalue weighted by Crippen LogP contribution is 2.77. The van der Waals surface area contributed by atoms with E-state index in [4.69, 9.17) is 23.7 Å². The second-order valence-corrected chi connectivity index (χ2v) is 18.6. The van der Waals surface area contributed by atoms with E-state index in [0.29, 0.717) is 0 Å². The number of hydrogen-bond donors (Lipinski definition) is 0. The fourth-order valence-electron chi connectivity index (χ4n) is 5.21. The van der Waals surface area contributed by atoms with Gasteiger partial charge in [-0.1, -0.05) is 121 Å². The molecular formula is C32H30N7P3. The first-order chi connectivity index (χ1) is 20.5. The van der Waals surface area contributed by atoms with Crippen LogP contribution in [-0.2, 0) is 0 Å². The Morgan fingerprint density at radius 1 is 0.405 bits per heavy atom. The van der Waals surface area contributed by atoms with Crippen molar-refractivity contribution < 1.29 is 0 Å². The Balaban J connectivity index is 1.80. The minimum absolute atomic E-state index is 0.901. The van der Waals surface area contributed by atoms with E-state index in [9.17, 15) is 0 Å². The smallest absolute Gasteiger partial charge is 0.223 e. The SMILES string of the molecule is Cc1ccn(P2(n3ccc(C)n3)=NP(c3ccccc3)(c3ccccc3)=NP(c3ccccc3)(c3ccccc3)=N2)n1. The summed E-state index contributed by atoms with van der Waals surface area (Å²) in [6, 6.07) is 46.2. The highest BCUT2D eigenvalue weighted by Gasteiger charge is 2.43. The third-order valence-corrected chi connectivity index (χ3v) is 18.9. The molecule has 0 N–H and O–H groups in total. The predicted molar refractivity (Wildman–Crippen MR) is 177 cm³/mol. The minimum Gasteiger partial charge on any atom is -0.223 e. The van der Waals surface area contributed by atoms with Crippen molar-refractivity contribution in [2.75, 3.05) is 0 Å². The quantitative estimate of drug-likeness (QED) is 0.184. The molecular weight excluding hydrogens is 575 g/mol. The first-order valence-electron chi connectivity index (χ1n) is 13.7. The van der Waals surface area contributed by atoms with Gasteiger partial charge in [-0.05, 0) is 26.0 Å². The summed E-state index contributed by atoms with van der Waals surface area (Å²) in [5, 5.41) is 14.4. The summed E-state index contributed by atoms with van der Waals surface area (Å²) in [6.45, 7) is 4.01. The van der Waals surface area contributed by atoms with Gasteiger partial charge < -0.3 is 0 Å². The van der Waals surface area contributed by atoms with Gasteiger partial charge in [0.1, 0.15) is 14.4 Å². The first kappa shape index (κ1) is 26.9. The van der Waals surface area contributed by atoms with Crippen molar-refractivity contribution in [2.45, 2.75) is 13.8 Å². The maximum absolute atomic E-state index is 6.02. The van der Waals surface area contributed by atoms with Crippen LogP contribution in [0.1, 0.15) is 11.4 Å². The number of aromatic nitrogens is 4. The summed E-state index contributed by atoms with van der Waals surface area (Å²) in [6.07, 6.45) is 4.02. The zero-order valence-electron chi connectivity index (χ0n) is 23.3. The maximum atomic E-state index is 6.02. The van der Waals surface area contributed by atoms with Crippen molar-refractivity contribution in [2.24, 2.45) is 13.5 Å². The van der Waals surface area contributed by atoms with Gasteiger partial charge in [-0.2, -0.15) is 28.1 Å². The molecule has 4 aromatic carbocycles. The molecule has 208 valence electrons. The number of nitrogens with zero attached hydrogens (tertiary/aromatic N) is 7. The molecule has 6 aromatic rings. The predicted octanol–water partition coefficient (Wildman–Crippen LogP) is 7.59. The molecule has 0 spiro atoms. The van der Waals surface area contributed by atoms with Crippen LogP contribution in [0.5, 0.6) is 0 Å². The van der Waals surface area contributed by atoms with Gasteiger partial charge >= 0.3 is 7.51 Å². The lowest BCUT2D eigenvalue weighted by Crippen LogP contribution is -2.23. The van der Waals surface area contributed by atoms with Crippen LogP contribution in [0.15, 0.2) is 159 Å². The Labute approximate surface area is 246 Å². The number of hydrogen-bond acceptors (Lipinski definition) is 5. The van der Waals surface area contributed by atoms with Crippen LogP contribution in [0, 0.1) is 13.8 Å². The Morgan fingerprint density at radius 2 is 0.738 bits per heavy atom. The third kappa shape index (κ3) is 4.41. The molecule has 0 unspecified atom stereocenters. The summed E-state index contributed by atoms with van der Waals surface area (Å²) in [5.74, 6) is 0. The van der Waals surface area contributed by atoms with E-state index in [-0.39, 0.29) is 0 Å². The molecule has 1 aliphatic rings. The van der Waals surface area contributed by atoms with Gasteiger partial charge in [0, 0.05) is 33.6 Å². The van der Waals surface area contributed by atoms with Gasteiger partial charge in [0.05, 0.1) is 11.4 Å². The zero-order chi connectivity index (χ0) is 28.6. The molecule has 7 nitrogen and oxygen atoms in total. The van der Waals surface area contributed by atoms with Crippen LogP contribution in [0.25, 0.3) is 0 Å². The Bertz CT molecular complexity index is 1820. The molecule has 1 aliphatic heterocycles. The van der Waals surface area contributed by atoms with Crippen molar-refractivity contribution >= 4 is 43.1 Å². The fourth-order valence-corrected chi connectivity index (χ4v) is 19.6. The molecule has 10 heteroatoms. The zero-order valence-corrected chi connectivity index (χ0v) is 26.0. The van der Waals surface area contributed by atoms with Crippen molar-refractivity contribution in [1.82, 2.24) is 19.1 Å². The molecule has 0 saturated carbocycles. The summed E-state index contributed by atoms with van der Waals surface area (Å²) in [7, 11) is -8.79. The van der Waals surface area contributed by atoms with Gasteiger partial charge in [-0.15, -0.1) is 0 Å². The third-order valence-electron chi connectivity index (χ3n) is 7.19. The van der Waals surface area contributed by atoms with E-state index >= 15 is 0 Å². The van der Waals surface area contributed by atoms with Crippen LogP contribution in [0.4, 0.5) is 0 Å². The number of benzene rings is 4. The molecule has 42 heavy (non-hydrogen) atoms. The largest absolute Gasteiger partial charge is 0.308 e. The van der Waals surface area contributed by atoms with Crippen LogP contribution >= 0.6 is 21.9 Å². The van der Waals surface area contributed by atoms with Crippen molar-refractivity contribution in [3.8, 4) is 0 Å². The topological polar surface area (TPSA) is 72.7 Å².